The second kappa shape index (κ2) is 3.85. The van der Waals surface area contributed by atoms with Crippen LogP contribution < -0.4 is 0 Å². The van der Waals surface area contributed by atoms with E-state index in [2.05, 4.69) is 0 Å². The number of benzene rings is 1. The Morgan fingerprint density at radius 1 is 1.35 bits per heavy atom. The van der Waals surface area contributed by atoms with Gasteiger partial charge in [-0.05, 0) is 25.1 Å². The zero-order valence-corrected chi connectivity index (χ0v) is 10.7. The number of halogens is 1. The van der Waals surface area contributed by atoms with E-state index in [-0.39, 0.29) is 16.4 Å². The molecular formula is C11H9ClO4S. The first-order valence-corrected chi connectivity index (χ1v) is 7.10. The van der Waals surface area contributed by atoms with Gasteiger partial charge in [0.1, 0.15) is 5.58 Å². The van der Waals surface area contributed by atoms with E-state index in [1.165, 1.54) is 25.1 Å². The Morgan fingerprint density at radius 2 is 2.00 bits per heavy atom. The molecule has 1 heterocycles. The van der Waals surface area contributed by atoms with Crippen LogP contribution in [-0.2, 0) is 9.05 Å². The third-order valence-electron chi connectivity index (χ3n) is 2.51. The Balaban J connectivity index is 2.78. The molecule has 0 aliphatic rings. The van der Waals surface area contributed by atoms with Crippen LogP contribution in [0.1, 0.15) is 23.0 Å². The Morgan fingerprint density at radius 3 is 2.53 bits per heavy atom. The molecule has 0 amide bonds. The Kier molecular flexibility index (Phi) is 2.75. The predicted molar refractivity (Wildman–Crippen MR) is 64.0 cm³/mol. The fraction of sp³-hybridized carbons (Fsp3) is 0.182. The molecular weight excluding hydrogens is 264 g/mol. The maximum Gasteiger partial charge on any atom is 0.261 e. The smallest absolute Gasteiger partial charge is 0.261 e. The summed E-state index contributed by atoms with van der Waals surface area (Å²) >= 11 is 0. The molecule has 17 heavy (non-hydrogen) atoms. The summed E-state index contributed by atoms with van der Waals surface area (Å²) < 4.78 is 27.7. The number of Topliss-reactive ketones (excluding diaryl/α,β-unsaturated/α-hetero) is 1. The lowest BCUT2D eigenvalue weighted by Crippen LogP contribution is -1.91. The van der Waals surface area contributed by atoms with Crippen LogP contribution in [0.5, 0.6) is 0 Å². The molecule has 1 aromatic carbocycles. The third-order valence-corrected chi connectivity index (χ3v) is 3.86. The first-order valence-electron chi connectivity index (χ1n) is 4.79. The average molecular weight is 273 g/mol. The van der Waals surface area contributed by atoms with E-state index in [0.29, 0.717) is 16.5 Å². The maximum atomic E-state index is 11.3. The van der Waals surface area contributed by atoms with Crippen molar-refractivity contribution in [1.82, 2.24) is 0 Å². The van der Waals surface area contributed by atoms with E-state index in [0.717, 1.165) is 0 Å². The van der Waals surface area contributed by atoms with Crippen LogP contribution in [0, 0.1) is 6.92 Å². The number of carbonyl (C=O) groups excluding carboxylic acids is 1. The zero-order valence-electron chi connectivity index (χ0n) is 9.15. The van der Waals surface area contributed by atoms with Gasteiger partial charge in [0, 0.05) is 28.6 Å². The highest BCUT2D eigenvalue weighted by Gasteiger charge is 2.17. The van der Waals surface area contributed by atoms with Gasteiger partial charge in [-0.2, -0.15) is 0 Å². The van der Waals surface area contributed by atoms with E-state index in [9.17, 15) is 13.2 Å². The molecule has 4 nitrogen and oxygen atoms in total. The largest absolute Gasteiger partial charge is 0.453 e. The number of furan rings is 1. The summed E-state index contributed by atoms with van der Waals surface area (Å²) in [6.07, 6.45) is 0. The van der Waals surface area contributed by atoms with Crippen molar-refractivity contribution in [2.75, 3.05) is 0 Å². The summed E-state index contributed by atoms with van der Waals surface area (Å²) in [7, 11) is 1.48. The van der Waals surface area contributed by atoms with Crippen molar-refractivity contribution in [3.63, 3.8) is 0 Å². The quantitative estimate of drug-likeness (QED) is 0.623. The first kappa shape index (κ1) is 12.1. The molecule has 0 atom stereocenters. The van der Waals surface area contributed by atoms with Crippen molar-refractivity contribution in [2.45, 2.75) is 18.7 Å². The number of fused-ring (bicyclic) bond motifs is 1. The highest BCUT2D eigenvalue weighted by molar-refractivity contribution is 8.13. The van der Waals surface area contributed by atoms with Gasteiger partial charge in [0.05, 0.1) is 4.90 Å². The van der Waals surface area contributed by atoms with Crippen LogP contribution in [0.2, 0.25) is 0 Å². The number of carbonyl (C=O) groups is 1. The molecule has 90 valence electrons. The summed E-state index contributed by atoms with van der Waals surface area (Å²) in [6.45, 7) is 3.09. The van der Waals surface area contributed by atoms with Gasteiger partial charge >= 0.3 is 0 Å². The van der Waals surface area contributed by atoms with Crippen molar-refractivity contribution in [2.24, 2.45) is 0 Å². The van der Waals surface area contributed by atoms with Crippen molar-refractivity contribution in [1.29, 1.82) is 0 Å². The van der Waals surface area contributed by atoms with Gasteiger partial charge in [-0.3, -0.25) is 4.79 Å². The Labute approximate surface area is 103 Å². The van der Waals surface area contributed by atoms with Crippen molar-refractivity contribution < 1.29 is 17.6 Å². The molecule has 0 aliphatic carbocycles. The van der Waals surface area contributed by atoms with Gasteiger partial charge in [0.15, 0.2) is 11.5 Å². The molecule has 0 spiro atoms. The molecule has 0 saturated carbocycles. The molecule has 0 aliphatic heterocycles. The Hall–Kier alpha value is -1.33. The predicted octanol–water partition coefficient (Wildman–Crippen LogP) is 2.87. The van der Waals surface area contributed by atoms with Gasteiger partial charge in [0.25, 0.3) is 9.05 Å². The second-order valence-electron chi connectivity index (χ2n) is 3.71. The van der Waals surface area contributed by atoms with Crippen LogP contribution in [0.25, 0.3) is 11.0 Å². The summed E-state index contributed by atoms with van der Waals surface area (Å²) in [5.74, 6) is 0.0399. The minimum Gasteiger partial charge on any atom is -0.453 e. The van der Waals surface area contributed by atoms with Crippen LogP contribution in [0.15, 0.2) is 27.5 Å². The molecule has 0 N–H and O–H groups in total. The fourth-order valence-corrected chi connectivity index (χ4v) is 2.46. The number of rotatable bonds is 2. The second-order valence-corrected chi connectivity index (χ2v) is 6.27. The monoisotopic (exact) mass is 272 g/mol. The standard InChI is InChI=1S/C11H9ClO4S/c1-6-9-5-8(17(12,14)15)3-4-10(9)16-11(6)7(2)13/h3-5H,1-2H3. The summed E-state index contributed by atoms with van der Waals surface area (Å²) in [4.78, 5) is 11.3. The summed E-state index contributed by atoms with van der Waals surface area (Å²) in [6, 6.07) is 4.24. The lowest BCUT2D eigenvalue weighted by molar-refractivity contribution is 0.0988. The zero-order chi connectivity index (χ0) is 12.8. The van der Waals surface area contributed by atoms with Gasteiger partial charge in [-0.25, -0.2) is 8.42 Å². The maximum absolute atomic E-state index is 11.3. The minimum atomic E-state index is -3.78. The topological polar surface area (TPSA) is 64.3 Å². The molecule has 1 aromatic heterocycles. The number of hydrogen-bond acceptors (Lipinski definition) is 4. The highest BCUT2D eigenvalue weighted by Crippen LogP contribution is 2.28. The van der Waals surface area contributed by atoms with Crippen molar-refractivity contribution in [3.8, 4) is 0 Å². The molecule has 0 bridgehead atoms. The van der Waals surface area contributed by atoms with Gasteiger partial charge in [0.2, 0.25) is 0 Å². The van der Waals surface area contributed by atoms with Crippen LogP contribution in [0.3, 0.4) is 0 Å². The highest BCUT2D eigenvalue weighted by atomic mass is 35.7. The van der Waals surface area contributed by atoms with Crippen LogP contribution in [0.4, 0.5) is 0 Å². The summed E-state index contributed by atoms with van der Waals surface area (Å²) in [5.41, 5.74) is 1.09. The average Bonchev–Trinajstić information content (AvgIpc) is 2.54. The number of hydrogen-bond donors (Lipinski definition) is 0. The Bertz CT molecular complexity index is 712. The van der Waals surface area contributed by atoms with E-state index in [1.54, 1.807) is 6.92 Å². The molecule has 2 aromatic rings. The van der Waals surface area contributed by atoms with E-state index < -0.39 is 9.05 Å². The molecule has 2 rings (SSSR count). The van der Waals surface area contributed by atoms with Gasteiger partial charge < -0.3 is 4.42 Å². The molecule has 6 heteroatoms. The van der Waals surface area contributed by atoms with E-state index >= 15 is 0 Å². The normalized spacial score (nSPS) is 11.9. The van der Waals surface area contributed by atoms with E-state index in [4.69, 9.17) is 15.1 Å². The van der Waals surface area contributed by atoms with E-state index in [1.807, 2.05) is 0 Å². The van der Waals surface area contributed by atoms with Crippen molar-refractivity contribution in [3.05, 3.63) is 29.5 Å². The number of aryl methyl sites for hydroxylation is 1. The van der Waals surface area contributed by atoms with Crippen LogP contribution in [-0.4, -0.2) is 14.2 Å². The van der Waals surface area contributed by atoms with Gasteiger partial charge in [-0.15, -0.1) is 0 Å². The lowest BCUT2D eigenvalue weighted by atomic mass is 10.1. The fourth-order valence-electron chi connectivity index (χ4n) is 1.69. The molecule has 0 fully saturated rings. The van der Waals surface area contributed by atoms with Crippen LogP contribution >= 0.6 is 10.7 Å². The van der Waals surface area contributed by atoms with Crippen molar-refractivity contribution >= 4 is 36.5 Å². The molecule has 0 radical (unpaired) electrons. The number of ketones is 1. The lowest BCUT2D eigenvalue weighted by Gasteiger charge is -1.95. The molecule has 0 saturated heterocycles. The third kappa shape index (κ3) is 2.08. The minimum absolute atomic E-state index is 0.00864. The SMILES string of the molecule is CC(=O)c1oc2ccc(S(=O)(=O)Cl)cc2c1C. The molecule has 0 unspecified atom stereocenters. The first-order chi connectivity index (χ1) is 7.80. The van der Waals surface area contributed by atoms with Gasteiger partial charge in [-0.1, -0.05) is 0 Å². The summed E-state index contributed by atoms with van der Waals surface area (Å²) in [5, 5.41) is 0.580.